The number of aromatic nitrogens is 2. The van der Waals surface area contributed by atoms with Gasteiger partial charge >= 0.3 is 0 Å². The molecule has 0 aliphatic carbocycles. The first-order valence-electron chi connectivity index (χ1n) is 8.66. The second-order valence-electron chi connectivity index (χ2n) is 6.07. The highest BCUT2D eigenvalue weighted by atomic mass is 32.2. The van der Waals surface area contributed by atoms with Crippen LogP contribution >= 0.6 is 23.1 Å². The number of carbonyl (C=O) groups is 1. The van der Waals surface area contributed by atoms with Crippen molar-refractivity contribution in [3.8, 4) is 5.69 Å². The highest BCUT2D eigenvalue weighted by Gasteiger charge is 2.20. The van der Waals surface area contributed by atoms with Crippen molar-refractivity contribution in [3.05, 3.63) is 76.3 Å². The number of rotatable bonds is 6. The topological polar surface area (TPSA) is 77.1 Å². The average molecular weight is 412 g/mol. The SMILES string of the molecule is C[C@H](Sc1nc2sccc2c(=O)n1-c1ccccc1)C(=O)NCc1ccco1. The molecule has 3 heterocycles. The summed E-state index contributed by atoms with van der Waals surface area (Å²) >= 11 is 2.67. The number of hydrogen-bond acceptors (Lipinski definition) is 6. The van der Waals surface area contributed by atoms with Crippen LogP contribution in [0.4, 0.5) is 0 Å². The summed E-state index contributed by atoms with van der Waals surface area (Å²) in [6.45, 7) is 2.11. The number of hydrogen-bond donors (Lipinski definition) is 1. The van der Waals surface area contributed by atoms with Gasteiger partial charge in [0.25, 0.3) is 5.56 Å². The summed E-state index contributed by atoms with van der Waals surface area (Å²) < 4.78 is 6.80. The van der Waals surface area contributed by atoms with Gasteiger partial charge in [-0.05, 0) is 42.6 Å². The number of carbonyl (C=O) groups excluding carboxylic acids is 1. The Bertz CT molecular complexity index is 1150. The average Bonchev–Trinajstić information content (AvgIpc) is 3.39. The van der Waals surface area contributed by atoms with E-state index in [-0.39, 0.29) is 11.5 Å². The molecule has 3 aromatic heterocycles. The van der Waals surface area contributed by atoms with E-state index in [0.717, 1.165) is 5.69 Å². The smallest absolute Gasteiger partial charge is 0.267 e. The largest absolute Gasteiger partial charge is 0.467 e. The zero-order valence-corrected chi connectivity index (χ0v) is 16.6. The van der Waals surface area contributed by atoms with E-state index in [2.05, 4.69) is 10.3 Å². The van der Waals surface area contributed by atoms with E-state index in [1.54, 1.807) is 36.0 Å². The fraction of sp³-hybridized carbons (Fsp3) is 0.150. The lowest BCUT2D eigenvalue weighted by molar-refractivity contribution is -0.120. The van der Waals surface area contributed by atoms with E-state index >= 15 is 0 Å². The van der Waals surface area contributed by atoms with Gasteiger partial charge in [0.1, 0.15) is 10.6 Å². The van der Waals surface area contributed by atoms with E-state index < -0.39 is 5.25 Å². The molecule has 0 saturated heterocycles. The van der Waals surface area contributed by atoms with Crippen LogP contribution in [0.15, 0.2) is 74.5 Å². The van der Waals surface area contributed by atoms with Crippen molar-refractivity contribution in [2.24, 2.45) is 0 Å². The first kappa shape index (κ1) is 18.5. The Morgan fingerprint density at radius 1 is 1.25 bits per heavy atom. The van der Waals surface area contributed by atoms with Crippen LogP contribution in [0, 0.1) is 0 Å². The lowest BCUT2D eigenvalue weighted by Crippen LogP contribution is -2.31. The number of thiophene rings is 1. The Kier molecular flexibility index (Phi) is 5.31. The minimum absolute atomic E-state index is 0.136. The third-order valence-electron chi connectivity index (χ3n) is 4.15. The Morgan fingerprint density at radius 2 is 2.07 bits per heavy atom. The predicted octanol–water partition coefficient (Wildman–Crippen LogP) is 3.84. The van der Waals surface area contributed by atoms with Gasteiger partial charge in [0.05, 0.1) is 29.1 Å². The molecule has 0 bridgehead atoms. The van der Waals surface area contributed by atoms with Crippen LogP contribution in [0.5, 0.6) is 0 Å². The molecule has 0 spiro atoms. The van der Waals surface area contributed by atoms with Crippen molar-refractivity contribution < 1.29 is 9.21 Å². The number of nitrogens with zero attached hydrogens (tertiary/aromatic N) is 2. The van der Waals surface area contributed by atoms with Crippen molar-refractivity contribution in [3.63, 3.8) is 0 Å². The highest BCUT2D eigenvalue weighted by molar-refractivity contribution is 8.00. The highest BCUT2D eigenvalue weighted by Crippen LogP contribution is 2.26. The molecular weight excluding hydrogens is 394 g/mol. The molecule has 1 amide bonds. The van der Waals surface area contributed by atoms with E-state index in [1.807, 2.05) is 35.7 Å². The lowest BCUT2D eigenvalue weighted by Gasteiger charge is -2.15. The van der Waals surface area contributed by atoms with E-state index in [4.69, 9.17) is 4.42 Å². The maximum atomic E-state index is 13.0. The van der Waals surface area contributed by atoms with Crippen LogP contribution in [0.1, 0.15) is 12.7 Å². The van der Waals surface area contributed by atoms with Crippen molar-refractivity contribution in [2.75, 3.05) is 0 Å². The van der Waals surface area contributed by atoms with Crippen LogP contribution in [0.25, 0.3) is 15.9 Å². The number of fused-ring (bicyclic) bond motifs is 1. The zero-order chi connectivity index (χ0) is 19.5. The fourth-order valence-corrected chi connectivity index (χ4v) is 4.48. The molecule has 6 nitrogen and oxygen atoms in total. The maximum Gasteiger partial charge on any atom is 0.267 e. The van der Waals surface area contributed by atoms with Crippen LogP contribution in [0.3, 0.4) is 0 Å². The van der Waals surface area contributed by atoms with Crippen molar-refractivity contribution in [2.45, 2.75) is 23.9 Å². The van der Waals surface area contributed by atoms with Crippen molar-refractivity contribution >= 4 is 39.2 Å². The van der Waals surface area contributed by atoms with Crippen LogP contribution in [0.2, 0.25) is 0 Å². The van der Waals surface area contributed by atoms with Crippen LogP contribution in [-0.2, 0) is 11.3 Å². The van der Waals surface area contributed by atoms with Crippen molar-refractivity contribution in [1.82, 2.24) is 14.9 Å². The molecule has 142 valence electrons. The number of para-hydroxylation sites is 1. The van der Waals surface area contributed by atoms with Crippen LogP contribution in [-0.4, -0.2) is 20.7 Å². The van der Waals surface area contributed by atoms with E-state index in [1.165, 1.54) is 23.1 Å². The first-order chi connectivity index (χ1) is 13.6. The van der Waals surface area contributed by atoms with Gasteiger partial charge < -0.3 is 9.73 Å². The third kappa shape index (κ3) is 3.74. The lowest BCUT2D eigenvalue weighted by atomic mass is 10.3. The number of thioether (sulfide) groups is 1. The fourth-order valence-electron chi connectivity index (χ4n) is 2.72. The van der Waals surface area contributed by atoms with E-state index in [9.17, 15) is 9.59 Å². The Labute approximate surface area is 169 Å². The van der Waals surface area contributed by atoms with Gasteiger partial charge in [-0.25, -0.2) is 4.98 Å². The number of benzene rings is 1. The summed E-state index contributed by atoms with van der Waals surface area (Å²) in [4.78, 5) is 30.9. The van der Waals surface area contributed by atoms with Gasteiger partial charge in [-0.1, -0.05) is 30.0 Å². The number of amides is 1. The summed E-state index contributed by atoms with van der Waals surface area (Å²) in [6.07, 6.45) is 1.57. The minimum atomic E-state index is -0.436. The molecule has 4 aromatic rings. The normalized spacial score (nSPS) is 12.2. The summed E-state index contributed by atoms with van der Waals surface area (Å²) in [6, 6.07) is 14.7. The third-order valence-corrected chi connectivity index (χ3v) is 6.01. The van der Waals surface area contributed by atoms with Crippen molar-refractivity contribution in [1.29, 1.82) is 0 Å². The number of nitrogens with one attached hydrogen (secondary N) is 1. The second kappa shape index (κ2) is 8.04. The molecule has 8 heteroatoms. The quantitative estimate of drug-likeness (QED) is 0.385. The van der Waals surface area contributed by atoms with Gasteiger partial charge in [0, 0.05) is 0 Å². The van der Waals surface area contributed by atoms with Gasteiger partial charge in [-0.3, -0.25) is 14.2 Å². The molecular formula is C20H17N3O3S2. The zero-order valence-electron chi connectivity index (χ0n) is 15.0. The molecule has 0 aliphatic rings. The number of furan rings is 1. The van der Waals surface area contributed by atoms with Gasteiger partial charge in [0.2, 0.25) is 5.91 Å². The summed E-state index contributed by atoms with van der Waals surface area (Å²) in [7, 11) is 0. The Morgan fingerprint density at radius 3 is 2.82 bits per heavy atom. The maximum absolute atomic E-state index is 13.0. The minimum Gasteiger partial charge on any atom is -0.467 e. The van der Waals surface area contributed by atoms with Crippen LogP contribution < -0.4 is 10.9 Å². The molecule has 28 heavy (non-hydrogen) atoms. The Balaban J connectivity index is 1.64. The molecule has 1 atom stereocenters. The van der Waals surface area contributed by atoms with Gasteiger partial charge in [0.15, 0.2) is 5.16 Å². The molecule has 0 fully saturated rings. The molecule has 0 radical (unpaired) electrons. The van der Waals surface area contributed by atoms with Gasteiger partial charge in [-0.15, -0.1) is 11.3 Å². The first-order valence-corrected chi connectivity index (χ1v) is 10.4. The molecule has 0 saturated carbocycles. The monoisotopic (exact) mass is 411 g/mol. The molecule has 4 rings (SSSR count). The Hall–Kier alpha value is -2.84. The van der Waals surface area contributed by atoms with Gasteiger partial charge in [-0.2, -0.15) is 0 Å². The second-order valence-corrected chi connectivity index (χ2v) is 8.27. The molecule has 0 unspecified atom stereocenters. The molecule has 1 N–H and O–H groups in total. The summed E-state index contributed by atoms with van der Waals surface area (Å²) in [5.74, 6) is 0.534. The van der Waals surface area contributed by atoms with E-state index in [0.29, 0.717) is 27.7 Å². The standard InChI is InChI=1S/C20H17N3O3S2/c1-13(17(24)21-12-15-8-5-10-26-15)28-20-22-18-16(9-11-27-18)19(25)23(20)14-6-3-2-4-7-14/h2-11,13H,12H2,1H3,(H,21,24)/t13-/m0/s1. The molecule has 1 aromatic carbocycles. The predicted molar refractivity (Wildman–Crippen MR) is 111 cm³/mol. The molecule has 0 aliphatic heterocycles. The summed E-state index contributed by atoms with van der Waals surface area (Å²) in [5.41, 5.74) is 0.585. The summed E-state index contributed by atoms with van der Waals surface area (Å²) in [5, 5.41) is 5.33.